The van der Waals surface area contributed by atoms with Crippen molar-refractivity contribution in [1.29, 1.82) is 0 Å². The maximum Gasteiger partial charge on any atom is 0.255 e. The molecule has 4 atom stereocenters. The molecule has 0 radical (unpaired) electrons. The molecule has 11 heteroatoms. The van der Waals surface area contributed by atoms with Gasteiger partial charge in [-0.1, -0.05) is 0 Å². The SMILES string of the molecule is CN(C)c1cc(CN2CCCC2)c(O)c2c1C[C@H]1C[C@H]3C(N(C)C)C(O)=C(C(N)=O)C(=O)[C@@]3(O)C(O)=C1C2=O. The number of allylic oxidation sites excluding steroid dienone is 1. The van der Waals surface area contributed by atoms with Crippen molar-refractivity contribution in [2.24, 2.45) is 17.6 Å². The van der Waals surface area contributed by atoms with Crippen LogP contribution in [0.5, 0.6) is 5.75 Å². The lowest BCUT2D eigenvalue weighted by Crippen LogP contribution is -2.63. The quantitative estimate of drug-likeness (QED) is 0.337. The zero-order chi connectivity index (χ0) is 28.5. The summed E-state index contributed by atoms with van der Waals surface area (Å²) in [6.07, 6.45) is 2.45. The molecule has 39 heavy (non-hydrogen) atoms. The number of amides is 1. The number of ketones is 2. The average molecular weight is 541 g/mol. The number of benzene rings is 1. The molecule has 0 bridgehead atoms. The molecule has 6 N–H and O–H groups in total. The van der Waals surface area contributed by atoms with Crippen LogP contribution in [-0.4, -0.2) is 101 Å². The molecule has 3 aliphatic carbocycles. The molecule has 1 unspecified atom stereocenters. The number of fused-ring (bicyclic) bond motifs is 3. The van der Waals surface area contributed by atoms with Gasteiger partial charge in [-0.3, -0.25) is 24.2 Å². The summed E-state index contributed by atoms with van der Waals surface area (Å²) in [5, 5.41) is 45.5. The van der Waals surface area contributed by atoms with Gasteiger partial charge in [0.05, 0.1) is 11.6 Å². The number of likely N-dealkylation sites (tertiary alicyclic amines) is 1. The average Bonchev–Trinajstić information content (AvgIpc) is 3.35. The van der Waals surface area contributed by atoms with Gasteiger partial charge in [0, 0.05) is 43.4 Å². The van der Waals surface area contributed by atoms with E-state index in [4.69, 9.17) is 5.73 Å². The number of carbonyl (C=O) groups is 3. The minimum absolute atomic E-state index is 0.0520. The van der Waals surface area contributed by atoms with Crippen LogP contribution < -0.4 is 10.6 Å². The number of aromatic hydroxyl groups is 1. The molecule has 210 valence electrons. The molecule has 1 aromatic rings. The molecule has 4 aliphatic rings. The molecule has 0 saturated carbocycles. The summed E-state index contributed by atoms with van der Waals surface area (Å²) in [5.74, 6) is -6.38. The third kappa shape index (κ3) is 3.86. The van der Waals surface area contributed by atoms with Crippen LogP contribution in [0, 0.1) is 11.8 Å². The molecule has 11 nitrogen and oxygen atoms in total. The largest absolute Gasteiger partial charge is 0.510 e. The Hall–Kier alpha value is -3.41. The predicted molar refractivity (Wildman–Crippen MR) is 143 cm³/mol. The third-order valence-electron chi connectivity index (χ3n) is 8.85. The maximum atomic E-state index is 14.1. The zero-order valence-corrected chi connectivity index (χ0v) is 22.7. The highest BCUT2D eigenvalue weighted by Gasteiger charge is 2.63. The highest BCUT2D eigenvalue weighted by Crippen LogP contribution is 2.53. The minimum Gasteiger partial charge on any atom is -0.510 e. The number of aliphatic hydroxyl groups excluding tert-OH is 2. The van der Waals surface area contributed by atoms with E-state index in [1.807, 2.05) is 25.1 Å². The fourth-order valence-corrected chi connectivity index (χ4v) is 7.05. The van der Waals surface area contributed by atoms with E-state index in [0.717, 1.165) is 31.6 Å². The first kappa shape index (κ1) is 27.2. The summed E-state index contributed by atoms with van der Waals surface area (Å²) in [4.78, 5) is 45.3. The summed E-state index contributed by atoms with van der Waals surface area (Å²) in [7, 11) is 6.93. The van der Waals surface area contributed by atoms with Gasteiger partial charge < -0.3 is 31.1 Å². The summed E-state index contributed by atoms with van der Waals surface area (Å²) in [6, 6.07) is 0.883. The molecule has 1 aromatic carbocycles. The number of hydrogen-bond donors (Lipinski definition) is 5. The summed E-state index contributed by atoms with van der Waals surface area (Å²) in [6.45, 7) is 2.24. The van der Waals surface area contributed by atoms with Crippen molar-refractivity contribution < 1.29 is 34.8 Å². The van der Waals surface area contributed by atoms with Crippen LogP contribution in [-0.2, 0) is 22.6 Å². The number of carbonyl (C=O) groups excluding carboxylic acids is 3. The zero-order valence-electron chi connectivity index (χ0n) is 22.7. The molecule has 1 heterocycles. The molecule has 0 spiro atoms. The summed E-state index contributed by atoms with van der Waals surface area (Å²) < 4.78 is 0. The van der Waals surface area contributed by atoms with Crippen LogP contribution in [0.1, 0.15) is 40.7 Å². The Kier molecular flexibility index (Phi) is 6.52. The lowest BCUT2D eigenvalue weighted by Gasteiger charge is -2.50. The Morgan fingerprint density at radius 1 is 1.13 bits per heavy atom. The number of primary amides is 1. The Morgan fingerprint density at radius 3 is 2.33 bits per heavy atom. The normalized spacial score (nSPS) is 29.0. The van der Waals surface area contributed by atoms with Crippen LogP contribution in [0.15, 0.2) is 28.7 Å². The van der Waals surface area contributed by atoms with E-state index < -0.39 is 58.0 Å². The van der Waals surface area contributed by atoms with E-state index in [1.54, 1.807) is 19.0 Å². The van der Waals surface area contributed by atoms with E-state index in [9.17, 15) is 34.8 Å². The Morgan fingerprint density at radius 2 is 1.77 bits per heavy atom. The molecular formula is C28H36N4O7. The van der Waals surface area contributed by atoms with Gasteiger partial charge in [0.25, 0.3) is 5.91 Å². The van der Waals surface area contributed by atoms with Gasteiger partial charge in [-0.05, 0) is 70.4 Å². The fraction of sp³-hybridized carbons (Fsp3) is 0.536. The van der Waals surface area contributed by atoms with Crippen LogP contribution in [0.25, 0.3) is 0 Å². The van der Waals surface area contributed by atoms with Gasteiger partial charge in [0.2, 0.25) is 5.78 Å². The topological polar surface area (TPSA) is 168 Å². The van der Waals surface area contributed by atoms with Crippen molar-refractivity contribution in [3.8, 4) is 5.75 Å². The van der Waals surface area contributed by atoms with Crippen LogP contribution in [0.3, 0.4) is 0 Å². The molecule has 1 aliphatic heterocycles. The number of aliphatic hydroxyl groups is 3. The van der Waals surface area contributed by atoms with Gasteiger partial charge in [-0.2, -0.15) is 0 Å². The first-order valence-electron chi connectivity index (χ1n) is 13.2. The number of phenols is 1. The predicted octanol–water partition coefficient (Wildman–Crippen LogP) is 0.782. The lowest BCUT2D eigenvalue weighted by atomic mass is 9.58. The van der Waals surface area contributed by atoms with E-state index in [0.29, 0.717) is 17.7 Å². The standard InChI is InChI=1S/C28H36N4O7/c1-30(2)17-11-14(12-32-7-5-6-8-32)22(33)19-15(17)9-13-10-16-21(31(3)4)24(35)20(27(29)38)26(37)28(16,39)25(36)18(13)23(19)34/h11,13,16,21,33,35-36,39H,5-10,12H2,1-4H3,(H2,29,38)/t13-,16-,21?,28-/m0/s1. The number of phenolic OH excluding ortho intramolecular Hbond substituents is 1. The van der Waals surface area contributed by atoms with Crippen molar-refractivity contribution in [2.75, 3.05) is 46.2 Å². The summed E-state index contributed by atoms with van der Waals surface area (Å²) in [5.41, 5.74) is 3.83. The van der Waals surface area contributed by atoms with E-state index in [1.165, 1.54) is 0 Å². The van der Waals surface area contributed by atoms with Gasteiger partial charge in [0.15, 0.2) is 11.4 Å². The van der Waals surface area contributed by atoms with Gasteiger partial charge in [-0.15, -0.1) is 0 Å². The van der Waals surface area contributed by atoms with Crippen molar-refractivity contribution in [2.45, 2.75) is 43.9 Å². The number of hydrogen-bond acceptors (Lipinski definition) is 10. The van der Waals surface area contributed by atoms with Crippen LogP contribution >= 0.6 is 0 Å². The van der Waals surface area contributed by atoms with Crippen molar-refractivity contribution >= 4 is 23.2 Å². The molecule has 1 saturated heterocycles. The Bertz CT molecular complexity index is 1340. The smallest absolute Gasteiger partial charge is 0.255 e. The van der Waals surface area contributed by atoms with Gasteiger partial charge in [0.1, 0.15) is 22.8 Å². The molecule has 1 fully saturated rings. The minimum atomic E-state index is -2.64. The molecule has 5 rings (SSSR count). The number of nitrogens with two attached hydrogens (primary N) is 1. The molecular weight excluding hydrogens is 504 g/mol. The second-order valence-corrected chi connectivity index (χ2v) is 11.6. The Balaban J connectivity index is 1.69. The van der Waals surface area contributed by atoms with Gasteiger partial charge in [-0.25, -0.2) is 0 Å². The summed E-state index contributed by atoms with van der Waals surface area (Å²) >= 11 is 0. The van der Waals surface area contributed by atoms with E-state index in [-0.39, 0.29) is 29.7 Å². The highest BCUT2D eigenvalue weighted by molar-refractivity contribution is 6.24. The number of rotatable bonds is 5. The molecule has 0 aromatic heterocycles. The number of nitrogens with zero attached hydrogens (tertiary/aromatic N) is 3. The second kappa shape index (κ2) is 9.35. The van der Waals surface area contributed by atoms with Crippen molar-refractivity contribution in [3.63, 3.8) is 0 Å². The van der Waals surface area contributed by atoms with Crippen LogP contribution in [0.4, 0.5) is 5.69 Å². The third-order valence-corrected chi connectivity index (χ3v) is 8.85. The van der Waals surface area contributed by atoms with Gasteiger partial charge >= 0.3 is 0 Å². The number of Topliss-reactive ketones (excluding diaryl/α,β-unsaturated/α-hetero) is 2. The molecule has 1 amide bonds. The fourth-order valence-electron chi connectivity index (χ4n) is 7.05. The second-order valence-electron chi connectivity index (χ2n) is 11.6. The number of likely N-dealkylation sites (N-methyl/N-ethyl adjacent to an activating group) is 1. The van der Waals surface area contributed by atoms with E-state index >= 15 is 0 Å². The van der Waals surface area contributed by atoms with Crippen molar-refractivity contribution in [1.82, 2.24) is 9.80 Å². The first-order valence-corrected chi connectivity index (χ1v) is 13.2. The first-order chi connectivity index (χ1) is 18.3. The maximum absolute atomic E-state index is 14.1. The van der Waals surface area contributed by atoms with Crippen LogP contribution in [0.2, 0.25) is 0 Å². The lowest BCUT2D eigenvalue weighted by molar-refractivity contribution is -0.148. The van der Waals surface area contributed by atoms with Crippen molar-refractivity contribution in [3.05, 3.63) is 45.4 Å². The Labute approximate surface area is 226 Å². The number of anilines is 1. The van der Waals surface area contributed by atoms with E-state index in [2.05, 4.69) is 4.90 Å². The highest BCUT2D eigenvalue weighted by atomic mass is 16.3. The monoisotopic (exact) mass is 540 g/mol.